The molecule has 2 heterocycles. The monoisotopic (exact) mass is 308 g/mol. The Morgan fingerprint density at radius 2 is 1.96 bits per heavy atom. The van der Waals surface area contributed by atoms with Crippen LogP contribution in [-0.4, -0.2) is 21.8 Å². The molecule has 23 heavy (non-hydrogen) atoms. The van der Waals surface area contributed by atoms with Crippen LogP contribution in [0.5, 0.6) is 5.75 Å². The molecule has 0 bridgehead atoms. The lowest BCUT2D eigenvalue weighted by Crippen LogP contribution is -2.33. The zero-order valence-electron chi connectivity index (χ0n) is 12.6. The maximum Gasteiger partial charge on any atom is 0.335 e. The van der Waals surface area contributed by atoms with Crippen LogP contribution >= 0.6 is 0 Å². The molecule has 2 aliphatic rings. The summed E-state index contributed by atoms with van der Waals surface area (Å²) in [5.41, 5.74) is 3.38. The van der Waals surface area contributed by atoms with E-state index in [4.69, 9.17) is 9.84 Å². The van der Waals surface area contributed by atoms with Gasteiger partial charge in [0.25, 0.3) is 0 Å². The van der Waals surface area contributed by atoms with E-state index in [1.807, 2.05) is 30.1 Å². The van der Waals surface area contributed by atoms with Crippen LogP contribution in [0.4, 0.5) is 0 Å². The minimum Gasteiger partial charge on any atom is -0.478 e. The van der Waals surface area contributed by atoms with Gasteiger partial charge in [0.2, 0.25) is 6.23 Å². The average molecular weight is 308 g/mol. The van der Waals surface area contributed by atoms with Gasteiger partial charge in [-0.25, -0.2) is 9.80 Å². The summed E-state index contributed by atoms with van der Waals surface area (Å²) >= 11 is 0. The summed E-state index contributed by atoms with van der Waals surface area (Å²) in [6, 6.07) is 15.0. The fourth-order valence-corrected chi connectivity index (χ4v) is 3.20. The number of fused-ring (bicyclic) bond motifs is 3. The Morgan fingerprint density at radius 1 is 1.22 bits per heavy atom. The van der Waals surface area contributed by atoms with Gasteiger partial charge in [-0.3, -0.25) is 0 Å². The predicted molar refractivity (Wildman–Crippen MR) is 85.5 cm³/mol. The molecule has 0 aliphatic carbocycles. The first-order valence-corrected chi connectivity index (χ1v) is 7.55. The van der Waals surface area contributed by atoms with Gasteiger partial charge >= 0.3 is 5.97 Å². The van der Waals surface area contributed by atoms with Crippen molar-refractivity contribution < 1.29 is 14.6 Å². The molecule has 2 aromatic carbocycles. The Morgan fingerprint density at radius 3 is 2.70 bits per heavy atom. The fraction of sp³-hybridized carbons (Fsp3) is 0.222. The van der Waals surface area contributed by atoms with Gasteiger partial charge in [-0.1, -0.05) is 30.3 Å². The highest BCUT2D eigenvalue weighted by Crippen LogP contribution is 2.46. The zero-order chi connectivity index (χ0) is 16.0. The lowest BCUT2D eigenvalue weighted by molar-refractivity contribution is -0.0190. The second kappa shape index (κ2) is 5.12. The number of nitrogens with zero attached hydrogens (tertiary/aromatic N) is 2. The van der Waals surface area contributed by atoms with Crippen molar-refractivity contribution in [2.24, 2.45) is 5.10 Å². The van der Waals surface area contributed by atoms with Crippen LogP contribution in [0.3, 0.4) is 0 Å². The van der Waals surface area contributed by atoms with E-state index in [-0.39, 0.29) is 17.8 Å². The maximum atomic E-state index is 11.0. The number of ether oxygens (including phenoxy) is 1. The summed E-state index contributed by atoms with van der Waals surface area (Å²) in [6.45, 7) is 2.02. The van der Waals surface area contributed by atoms with Crippen LogP contribution in [0.15, 0.2) is 53.6 Å². The Labute approximate surface area is 133 Å². The number of hydrogen-bond donors (Lipinski definition) is 1. The van der Waals surface area contributed by atoms with E-state index in [9.17, 15) is 4.79 Å². The van der Waals surface area contributed by atoms with Crippen LogP contribution in [0.1, 0.15) is 47.1 Å². The summed E-state index contributed by atoms with van der Waals surface area (Å²) in [6.07, 6.45) is 0.541. The van der Waals surface area contributed by atoms with E-state index in [1.165, 1.54) is 0 Å². The zero-order valence-corrected chi connectivity index (χ0v) is 12.6. The second-order valence-corrected chi connectivity index (χ2v) is 5.87. The number of benzene rings is 2. The van der Waals surface area contributed by atoms with Gasteiger partial charge in [0, 0.05) is 23.3 Å². The molecular weight excluding hydrogens is 292 g/mol. The molecule has 0 radical (unpaired) electrons. The van der Waals surface area contributed by atoms with Gasteiger partial charge in [0.15, 0.2) is 0 Å². The van der Waals surface area contributed by atoms with Gasteiger partial charge in [0.05, 0.1) is 11.6 Å². The molecule has 2 aromatic rings. The van der Waals surface area contributed by atoms with Crippen LogP contribution in [0, 0.1) is 0 Å². The minimum atomic E-state index is -0.931. The lowest BCUT2D eigenvalue weighted by atomic mass is 9.98. The number of para-hydroxylation sites is 1. The number of aromatic carboxylic acids is 1. The van der Waals surface area contributed by atoms with E-state index in [2.05, 4.69) is 11.2 Å². The molecule has 0 unspecified atom stereocenters. The normalized spacial score (nSPS) is 22.0. The van der Waals surface area contributed by atoms with Crippen LogP contribution < -0.4 is 4.74 Å². The van der Waals surface area contributed by atoms with E-state index >= 15 is 0 Å². The first kappa shape index (κ1) is 13.8. The molecule has 0 fully saturated rings. The molecule has 0 spiro atoms. The summed E-state index contributed by atoms with van der Waals surface area (Å²) in [5.74, 6) is -0.0645. The third-order valence-electron chi connectivity index (χ3n) is 4.29. The molecule has 0 amide bonds. The van der Waals surface area contributed by atoms with Crippen molar-refractivity contribution >= 4 is 11.7 Å². The molecule has 0 saturated heterocycles. The number of rotatable bonds is 2. The van der Waals surface area contributed by atoms with Crippen molar-refractivity contribution in [3.05, 3.63) is 65.2 Å². The van der Waals surface area contributed by atoms with Crippen molar-refractivity contribution in [1.82, 2.24) is 5.01 Å². The van der Waals surface area contributed by atoms with E-state index in [0.717, 1.165) is 29.0 Å². The highest BCUT2D eigenvalue weighted by Gasteiger charge is 2.39. The summed E-state index contributed by atoms with van der Waals surface area (Å²) in [7, 11) is 0. The first-order chi connectivity index (χ1) is 11.1. The highest BCUT2D eigenvalue weighted by atomic mass is 16.5. The van der Waals surface area contributed by atoms with Crippen LogP contribution in [0.2, 0.25) is 0 Å². The molecule has 2 atom stereocenters. The molecule has 5 nitrogen and oxygen atoms in total. The first-order valence-electron chi connectivity index (χ1n) is 7.55. The maximum absolute atomic E-state index is 11.0. The number of carboxylic acid groups (broad SMARTS) is 1. The smallest absolute Gasteiger partial charge is 0.335 e. The lowest BCUT2D eigenvalue weighted by Gasteiger charge is -2.38. The van der Waals surface area contributed by atoms with Crippen molar-refractivity contribution in [2.45, 2.75) is 25.6 Å². The summed E-state index contributed by atoms with van der Waals surface area (Å²) in [4.78, 5) is 11.0. The Balaban J connectivity index is 1.75. The van der Waals surface area contributed by atoms with E-state index in [1.54, 1.807) is 24.3 Å². The second-order valence-electron chi connectivity index (χ2n) is 5.87. The number of carboxylic acids is 1. The molecular formula is C18H16N2O3. The van der Waals surface area contributed by atoms with Gasteiger partial charge in [-0.15, -0.1) is 0 Å². The molecule has 4 rings (SSSR count). The largest absolute Gasteiger partial charge is 0.478 e. The average Bonchev–Trinajstić information content (AvgIpc) is 2.96. The Kier molecular flexibility index (Phi) is 3.08. The van der Waals surface area contributed by atoms with Gasteiger partial charge in [-0.2, -0.15) is 5.10 Å². The molecule has 1 N–H and O–H groups in total. The third kappa shape index (κ3) is 2.25. The van der Waals surface area contributed by atoms with Crippen molar-refractivity contribution in [2.75, 3.05) is 0 Å². The van der Waals surface area contributed by atoms with Crippen molar-refractivity contribution in [3.8, 4) is 5.75 Å². The SMILES string of the molecule is CC1=NN2[C@@H](C1)c1ccccc1O[C@H]2c1ccc(C(=O)O)cc1. The number of hydrazone groups is 1. The van der Waals surface area contributed by atoms with Crippen LogP contribution in [0.25, 0.3) is 0 Å². The van der Waals surface area contributed by atoms with Gasteiger partial charge < -0.3 is 9.84 Å². The molecule has 5 heteroatoms. The number of carbonyl (C=O) groups is 1. The standard InChI is InChI=1S/C18H16N2O3/c1-11-10-15-14-4-2-3-5-16(14)23-17(20(15)19-11)12-6-8-13(9-7-12)18(21)22/h2-9,15,17H,10H2,1H3,(H,21,22)/t15-,17-/m0/s1. The predicted octanol–water partition coefficient (Wildman–Crippen LogP) is 3.60. The molecule has 0 aromatic heterocycles. The van der Waals surface area contributed by atoms with E-state index < -0.39 is 5.97 Å². The number of hydrogen-bond acceptors (Lipinski definition) is 4. The molecule has 116 valence electrons. The highest BCUT2D eigenvalue weighted by molar-refractivity contribution is 5.87. The summed E-state index contributed by atoms with van der Waals surface area (Å²) in [5, 5.41) is 15.7. The van der Waals surface area contributed by atoms with Gasteiger partial charge in [-0.05, 0) is 25.1 Å². The fourth-order valence-electron chi connectivity index (χ4n) is 3.20. The van der Waals surface area contributed by atoms with Crippen molar-refractivity contribution in [1.29, 1.82) is 0 Å². The quantitative estimate of drug-likeness (QED) is 0.921. The Bertz CT molecular complexity index is 798. The van der Waals surface area contributed by atoms with Crippen molar-refractivity contribution in [3.63, 3.8) is 0 Å². The summed E-state index contributed by atoms with van der Waals surface area (Å²) < 4.78 is 6.15. The minimum absolute atomic E-state index is 0.170. The van der Waals surface area contributed by atoms with Crippen LogP contribution in [-0.2, 0) is 0 Å². The Hall–Kier alpha value is -2.82. The topological polar surface area (TPSA) is 62.1 Å². The third-order valence-corrected chi connectivity index (χ3v) is 4.29. The molecule has 0 saturated carbocycles. The molecule has 2 aliphatic heterocycles. The van der Waals surface area contributed by atoms with Gasteiger partial charge in [0.1, 0.15) is 5.75 Å². The van der Waals surface area contributed by atoms with E-state index in [0.29, 0.717) is 0 Å².